The minimum Gasteiger partial charge on any atom is -0.324 e. The Kier molecular flexibility index (Phi) is 4.05. The number of benzene rings is 1. The third-order valence-electron chi connectivity index (χ3n) is 5.88. The molecule has 0 spiro atoms. The number of anilines is 1. The predicted molar refractivity (Wildman–Crippen MR) is 95.4 cm³/mol. The zero-order valence-corrected chi connectivity index (χ0v) is 14.7. The molecule has 140 valence electrons. The monoisotopic (exact) mass is 369 g/mol. The third-order valence-corrected chi connectivity index (χ3v) is 5.88. The van der Waals surface area contributed by atoms with Crippen LogP contribution in [0.15, 0.2) is 36.4 Å². The number of imide groups is 1. The third kappa shape index (κ3) is 2.72. The van der Waals surface area contributed by atoms with Crippen LogP contribution in [0.3, 0.4) is 0 Å². The van der Waals surface area contributed by atoms with Gasteiger partial charge >= 0.3 is 0 Å². The molecular weight excluding hydrogens is 350 g/mol. The lowest BCUT2D eigenvalue weighted by Crippen LogP contribution is -2.46. The largest absolute Gasteiger partial charge is 0.324 e. The maximum absolute atomic E-state index is 12.9. The Morgan fingerprint density at radius 2 is 1.78 bits per heavy atom. The van der Waals surface area contributed by atoms with Crippen LogP contribution in [0.25, 0.3) is 0 Å². The molecular formula is C19H19N3O5. The quantitative estimate of drug-likeness (QED) is 0.378. The normalized spacial score (nSPS) is 29.6. The summed E-state index contributed by atoms with van der Waals surface area (Å²) in [5.41, 5.74) is 0.0988. The zero-order valence-electron chi connectivity index (χ0n) is 14.7. The van der Waals surface area contributed by atoms with E-state index in [0.29, 0.717) is 0 Å². The van der Waals surface area contributed by atoms with E-state index in [0.717, 1.165) is 17.7 Å². The molecule has 0 aromatic heterocycles. The van der Waals surface area contributed by atoms with Gasteiger partial charge in [-0.25, -0.2) is 0 Å². The van der Waals surface area contributed by atoms with E-state index in [1.54, 1.807) is 0 Å². The molecule has 1 saturated heterocycles. The average Bonchev–Trinajstić information content (AvgIpc) is 2.95. The molecule has 4 aliphatic rings. The highest BCUT2D eigenvalue weighted by Crippen LogP contribution is 2.49. The van der Waals surface area contributed by atoms with Crippen molar-refractivity contribution in [1.29, 1.82) is 0 Å². The SMILES string of the molecule is CC(C(=O)Nc1cccc([N+](=O)[O-])c1)N1C(=O)C2C3C=CC(CC3)C2C1=O. The van der Waals surface area contributed by atoms with Gasteiger partial charge in [0.05, 0.1) is 16.8 Å². The summed E-state index contributed by atoms with van der Waals surface area (Å²) in [7, 11) is 0. The predicted octanol–water partition coefficient (Wildman–Crippen LogP) is 2.12. The molecule has 1 N–H and O–H groups in total. The summed E-state index contributed by atoms with van der Waals surface area (Å²) in [6.07, 6.45) is 5.84. The number of nitro benzene ring substituents is 1. The second-order valence-corrected chi connectivity index (χ2v) is 7.36. The Morgan fingerprint density at radius 3 is 2.30 bits per heavy atom. The van der Waals surface area contributed by atoms with E-state index >= 15 is 0 Å². The average molecular weight is 369 g/mol. The van der Waals surface area contributed by atoms with Gasteiger partial charge in [-0.3, -0.25) is 29.4 Å². The molecule has 2 bridgehead atoms. The van der Waals surface area contributed by atoms with Crippen LogP contribution in [0.2, 0.25) is 0 Å². The van der Waals surface area contributed by atoms with Crippen molar-refractivity contribution >= 4 is 29.1 Å². The lowest BCUT2D eigenvalue weighted by Gasteiger charge is -2.38. The zero-order chi connectivity index (χ0) is 19.3. The van der Waals surface area contributed by atoms with Crippen molar-refractivity contribution in [2.75, 3.05) is 5.32 Å². The van der Waals surface area contributed by atoms with E-state index in [4.69, 9.17) is 0 Å². The molecule has 8 nitrogen and oxygen atoms in total. The van der Waals surface area contributed by atoms with Gasteiger partial charge in [0.2, 0.25) is 17.7 Å². The highest BCUT2D eigenvalue weighted by Gasteiger charge is 2.58. The fourth-order valence-electron chi connectivity index (χ4n) is 4.54. The summed E-state index contributed by atoms with van der Waals surface area (Å²) in [5.74, 6) is -1.72. The molecule has 1 aromatic carbocycles. The topological polar surface area (TPSA) is 110 Å². The van der Waals surface area contributed by atoms with Crippen LogP contribution in [-0.4, -0.2) is 33.6 Å². The van der Waals surface area contributed by atoms with E-state index in [1.807, 2.05) is 12.2 Å². The van der Waals surface area contributed by atoms with Gasteiger partial charge < -0.3 is 5.32 Å². The molecule has 1 heterocycles. The second kappa shape index (κ2) is 6.29. The molecule has 1 aromatic rings. The summed E-state index contributed by atoms with van der Waals surface area (Å²) in [6.45, 7) is 1.51. The number of non-ortho nitro benzene ring substituents is 1. The summed E-state index contributed by atoms with van der Waals surface area (Å²) < 4.78 is 0. The fourth-order valence-corrected chi connectivity index (χ4v) is 4.54. The lowest BCUT2D eigenvalue weighted by molar-refractivity contribution is -0.384. The molecule has 1 aliphatic heterocycles. The van der Waals surface area contributed by atoms with Crippen molar-refractivity contribution in [2.45, 2.75) is 25.8 Å². The molecule has 8 heteroatoms. The van der Waals surface area contributed by atoms with Crippen molar-refractivity contribution < 1.29 is 19.3 Å². The fraction of sp³-hybridized carbons (Fsp3) is 0.421. The summed E-state index contributed by atoms with van der Waals surface area (Å²) in [6, 6.07) is 4.56. The van der Waals surface area contributed by atoms with Crippen LogP contribution >= 0.6 is 0 Å². The van der Waals surface area contributed by atoms with Gasteiger partial charge in [-0.2, -0.15) is 0 Å². The maximum atomic E-state index is 12.9. The van der Waals surface area contributed by atoms with Gasteiger partial charge in [0.25, 0.3) is 5.69 Å². The highest BCUT2D eigenvalue weighted by atomic mass is 16.6. The highest BCUT2D eigenvalue weighted by molar-refractivity contribution is 6.10. The Bertz CT molecular complexity index is 848. The van der Waals surface area contributed by atoms with Crippen molar-refractivity contribution in [1.82, 2.24) is 4.90 Å². The Hall–Kier alpha value is -3.03. The van der Waals surface area contributed by atoms with E-state index in [2.05, 4.69) is 5.32 Å². The Balaban J connectivity index is 1.53. The summed E-state index contributed by atoms with van der Waals surface area (Å²) in [4.78, 5) is 49.8. The first-order valence-corrected chi connectivity index (χ1v) is 8.99. The van der Waals surface area contributed by atoms with Crippen LogP contribution in [-0.2, 0) is 14.4 Å². The number of amides is 3. The molecule has 5 rings (SSSR count). The van der Waals surface area contributed by atoms with Gasteiger partial charge in [0.1, 0.15) is 6.04 Å². The van der Waals surface area contributed by atoms with E-state index in [9.17, 15) is 24.5 Å². The summed E-state index contributed by atoms with van der Waals surface area (Å²) >= 11 is 0. The number of hydrogen-bond acceptors (Lipinski definition) is 5. The molecule has 27 heavy (non-hydrogen) atoms. The van der Waals surface area contributed by atoms with E-state index < -0.39 is 16.9 Å². The van der Waals surface area contributed by atoms with Crippen molar-refractivity contribution in [3.8, 4) is 0 Å². The van der Waals surface area contributed by atoms with E-state index in [1.165, 1.54) is 31.2 Å². The number of likely N-dealkylation sites (tertiary alicyclic amines) is 1. The van der Waals surface area contributed by atoms with Gasteiger partial charge in [0, 0.05) is 17.8 Å². The van der Waals surface area contributed by atoms with Gasteiger partial charge in [-0.15, -0.1) is 0 Å². The van der Waals surface area contributed by atoms with Gasteiger partial charge in [0.15, 0.2) is 0 Å². The molecule has 3 aliphatic carbocycles. The number of rotatable bonds is 4. The first-order valence-electron chi connectivity index (χ1n) is 8.99. The standard InChI is InChI=1S/C19H19N3O5/c1-10(17(23)20-13-3-2-4-14(9-13)22(26)27)21-18(24)15-11-5-6-12(8-7-11)16(15)19(21)25/h2-6,9-12,15-16H,7-8H2,1H3,(H,20,23). The Morgan fingerprint density at radius 1 is 1.19 bits per heavy atom. The van der Waals surface area contributed by atoms with Crippen molar-refractivity contribution in [2.24, 2.45) is 23.7 Å². The number of nitrogens with one attached hydrogen (secondary N) is 1. The lowest BCUT2D eigenvalue weighted by atomic mass is 9.63. The van der Waals surface area contributed by atoms with Crippen molar-refractivity contribution in [3.63, 3.8) is 0 Å². The molecule has 5 unspecified atom stereocenters. The van der Waals surface area contributed by atoms with Gasteiger partial charge in [-0.1, -0.05) is 18.2 Å². The smallest absolute Gasteiger partial charge is 0.271 e. The van der Waals surface area contributed by atoms with Crippen LogP contribution in [0.5, 0.6) is 0 Å². The molecule has 0 radical (unpaired) electrons. The number of carbonyl (C=O) groups excluding carboxylic acids is 3. The first kappa shape index (κ1) is 17.4. The number of hydrogen-bond donors (Lipinski definition) is 1. The van der Waals surface area contributed by atoms with Gasteiger partial charge in [-0.05, 0) is 37.7 Å². The minimum absolute atomic E-state index is 0.0634. The number of allylic oxidation sites excluding steroid dienone is 2. The second-order valence-electron chi connectivity index (χ2n) is 7.36. The van der Waals surface area contributed by atoms with Crippen molar-refractivity contribution in [3.05, 3.63) is 46.5 Å². The number of nitrogens with zero attached hydrogens (tertiary/aromatic N) is 2. The molecule has 2 fully saturated rings. The molecule has 1 saturated carbocycles. The minimum atomic E-state index is -0.978. The van der Waals surface area contributed by atoms with Crippen LogP contribution in [0.4, 0.5) is 11.4 Å². The number of carbonyl (C=O) groups is 3. The Labute approximate surface area is 155 Å². The first-order chi connectivity index (χ1) is 12.9. The number of fused-ring (bicyclic) bond motifs is 1. The maximum Gasteiger partial charge on any atom is 0.271 e. The molecule has 5 atom stereocenters. The molecule has 3 amide bonds. The van der Waals surface area contributed by atoms with Crippen LogP contribution < -0.4 is 5.32 Å². The van der Waals surface area contributed by atoms with Crippen LogP contribution in [0.1, 0.15) is 19.8 Å². The summed E-state index contributed by atoms with van der Waals surface area (Å²) in [5, 5.41) is 13.4. The number of nitro groups is 1. The van der Waals surface area contributed by atoms with Crippen LogP contribution in [0, 0.1) is 33.8 Å². The van der Waals surface area contributed by atoms with E-state index in [-0.39, 0.29) is 46.9 Å².